The van der Waals surface area contributed by atoms with E-state index in [1.165, 1.54) is 12.1 Å². The lowest BCUT2D eigenvalue weighted by Crippen LogP contribution is -1.96. The van der Waals surface area contributed by atoms with Gasteiger partial charge in [-0.3, -0.25) is 0 Å². The lowest BCUT2D eigenvalue weighted by Gasteiger charge is -2.06. The molecule has 4 heteroatoms. The van der Waals surface area contributed by atoms with Crippen molar-refractivity contribution >= 4 is 21.6 Å². The molecule has 0 atom stereocenters. The van der Waals surface area contributed by atoms with Gasteiger partial charge in [-0.05, 0) is 29.3 Å². The van der Waals surface area contributed by atoms with Crippen molar-refractivity contribution in [2.75, 3.05) is 5.73 Å². The summed E-state index contributed by atoms with van der Waals surface area (Å²) in [5.41, 5.74) is 5.93. The van der Waals surface area contributed by atoms with Crippen molar-refractivity contribution in [3.8, 4) is 11.1 Å². The molecule has 2 rings (SSSR count). The first-order chi connectivity index (χ1) is 7.59. The molecule has 0 bridgehead atoms. The first-order valence-electron chi connectivity index (χ1n) is 4.59. The van der Waals surface area contributed by atoms with Crippen LogP contribution in [-0.2, 0) is 0 Å². The highest BCUT2D eigenvalue weighted by molar-refractivity contribution is 9.10. The van der Waals surface area contributed by atoms with Crippen LogP contribution in [0.1, 0.15) is 0 Å². The number of nitrogen functional groups attached to an aromatic ring is 1. The standard InChI is InChI=1S/C12H8BrF2N/c13-9-4-2-1-3-8(9)7-5-10(14)12(16)11(15)6-7/h1-6H,16H2. The zero-order valence-corrected chi connectivity index (χ0v) is 9.76. The fraction of sp³-hybridized carbons (Fsp3) is 0. The maximum absolute atomic E-state index is 13.3. The largest absolute Gasteiger partial charge is 0.394 e. The van der Waals surface area contributed by atoms with Crippen LogP contribution in [0.15, 0.2) is 40.9 Å². The van der Waals surface area contributed by atoms with Crippen LogP contribution >= 0.6 is 15.9 Å². The lowest BCUT2D eigenvalue weighted by molar-refractivity contribution is 0.592. The molecule has 0 unspecified atom stereocenters. The lowest BCUT2D eigenvalue weighted by atomic mass is 10.0. The van der Waals surface area contributed by atoms with E-state index in [-0.39, 0.29) is 0 Å². The van der Waals surface area contributed by atoms with Crippen molar-refractivity contribution in [2.45, 2.75) is 0 Å². The Balaban J connectivity index is 2.62. The van der Waals surface area contributed by atoms with E-state index in [0.29, 0.717) is 5.56 Å². The molecule has 0 fully saturated rings. The van der Waals surface area contributed by atoms with Crippen LogP contribution in [0, 0.1) is 11.6 Å². The molecule has 0 heterocycles. The molecule has 0 saturated carbocycles. The summed E-state index contributed by atoms with van der Waals surface area (Å²) in [4.78, 5) is 0. The maximum atomic E-state index is 13.3. The zero-order chi connectivity index (χ0) is 11.7. The molecular formula is C12H8BrF2N. The van der Waals surface area contributed by atoms with Crippen molar-refractivity contribution in [1.82, 2.24) is 0 Å². The zero-order valence-electron chi connectivity index (χ0n) is 8.18. The second-order valence-corrected chi connectivity index (χ2v) is 4.19. The number of hydrogen-bond donors (Lipinski definition) is 1. The van der Waals surface area contributed by atoms with E-state index < -0.39 is 17.3 Å². The summed E-state index contributed by atoms with van der Waals surface area (Å²) in [6.45, 7) is 0. The van der Waals surface area contributed by atoms with Crippen molar-refractivity contribution in [3.63, 3.8) is 0 Å². The van der Waals surface area contributed by atoms with Crippen molar-refractivity contribution in [1.29, 1.82) is 0 Å². The van der Waals surface area contributed by atoms with Crippen LogP contribution in [0.4, 0.5) is 14.5 Å². The summed E-state index contributed by atoms with van der Waals surface area (Å²) in [7, 11) is 0. The molecule has 16 heavy (non-hydrogen) atoms. The molecule has 0 aliphatic rings. The second kappa shape index (κ2) is 4.22. The molecule has 0 radical (unpaired) electrons. The number of rotatable bonds is 1. The summed E-state index contributed by atoms with van der Waals surface area (Å²) in [6, 6.07) is 9.65. The number of hydrogen-bond acceptors (Lipinski definition) is 1. The normalized spacial score (nSPS) is 10.4. The molecule has 0 saturated heterocycles. The monoisotopic (exact) mass is 283 g/mol. The average Bonchev–Trinajstić information content (AvgIpc) is 2.26. The van der Waals surface area contributed by atoms with Crippen LogP contribution in [0.3, 0.4) is 0 Å². The topological polar surface area (TPSA) is 26.0 Å². The molecule has 1 nitrogen and oxygen atoms in total. The van der Waals surface area contributed by atoms with Gasteiger partial charge in [-0.25, -0.2) is 8.78 Å². The van der Waals surface area contributed by atoms with E-state index in [9.17, 15) is 8.78 Å². The highest BCUT2D eigenvalue weighted by Crippen LogP contribution is 2.30. The summed E-state index contributed by atoms with van der Waals surface area (Å²) >= 11 is 3.32. The third-order valence-electron chi connectivity index (χ3n) is 2.26. The molecule has 2 N–H and O–H groups in total. The Kier molecular flexibility index (Phi) is 2.92. The van der Waals surface area contributed by atoms with Crippen molar-refractivity contribution in [3.05, 3.63) is 52.5 Å². The minimum absolute atomic E-state index is 0.448. The second-order valence-electron chi connectivity index (χ2n) is 3.33. The van der Waals surface area contributed by atoms with Crippen LogP contribution in [-0.4, -0.2) is 0 Å². The third-order valence-corrected chi connectivity index (χ3v) is 2.96. The quantitative estimate of drug-likeness (QED) is 0.788. The van der Waals surface area contributed by atoms with Gasteiger partial charge in [-0.2, -0.15) is 0 Å². The summed E-state index contributed by atoms with van der Waals surface area (Å²) in [5.74, 6) is -1.49. The Morgan fingerprint density at radius 2 is 1.56 bits per heavy atom. The number of halogens is 3. The Morgan fingerprint density at radius 3 is 2.12 bits per heavy atom. The Bertz CT molecular complexity index is 517. The minimum atomic E-state index is -0.745. The van der Waals surface area contributed by atoms with Crippen LogP contribution in [0.2, 0.25) is 0 Å². The molecule has 82 valence electrons. The smallest absolute Gasteiger partial charge is 0.149 e. The molecular weight excluding hydrogens is 276 g/mol. The van der Waals surface area contributed by atoms with Gasteiger partial charge in [0.05, 0.1) is 0 Å². The highest BCUT2D eigenvalue weighted by Gasteiger charge is 2.10. The fourth-order valence-corrected chi connectivity index (χ4v) is 1.95. The van der Waals surface area contributed by atoms with Crippen LogP contribution in [0.25, 0.3) is 11.1 Å². The van der Waals surface area contributed by atoms with Gasteiger partial charge >= 0.3 is 0 Å². The van der Waals surface area contributed by atoms with Gasteiger partial charge in [-0.15, -0.1) is 0 Å². The van der Waals surface area contributed by atoms with E-state index >= 15 is 0 Å². The molecule has 0 spiro atoms. The highest BCUT2D eigenvalue weighted by atomic mass is 79.9. The Hall–Kier alpha value is -1.42. The summed E-state index contributed by atoms with van der Waals surface area (Å²) in [6.07, 6.45) is 0. The molecule has 0 aromatic heterocycles. The predicted octanol–water partition coefficient (Wildman–Crippen LogP) is 3.98. The number of benzene rings is 2. The Morgan fingerprint density at radius 1 is 1.00 bits per heavy atom. The van der Waals surface area contributed by atoms with E-state index in [1.54, 1.807) is 12.1 Å². The SMILES string of the molecule is Nc1c(F)cc(-c2ccccc2Br)cc1F. The van der Waals surface area contributed by atoms with Crippen molar-refractivity contribution in [2.24, 2.45) is 0 Å². The van der Waals surface area contributed by atoms with Gasteiger partial charge in [0.1, 0.15) is 17.3 Å². The summed E-state index contributed by atoms with van der Waals surface area (Å²) in [5, 5.41) is 0. The predicted molar refractivity (Wildman–Crippen MR) is 63.9 cm³/mol. The van der Waals surface area contributed by atoms with Gasteiger partial charge in [0.2, 0.25) is 0 Å². The molecule has 0 aliphatic heterocycles. The van der Waals surface area contributed by atoms with E-state index in [2.05, 4.69) is 15.9 Å². The average molecular weight is 284 g/mol. The van der Waals surface area contributed by atoms with Gasteiger partial charge in [0.25, 0.3) is 0 Å². The van der Waals surface area contributed by atoms with E-state index in [0.717, 1.165) is 10.0 Å². The Labute approximate surface area is 100 Å². The van der Waals surface area contributed by atoms with Gasteiger partial charge in [0, 0.05) is 4.47 Å². The minimum Gasteiger partial charge on any atom is -0.394 e. The van der Waals surface area contributed by atoms with Crippen LogP contribution < -0.4 is 5.73 Å². The third kappa shape index (κ3) is 1.93. The number of anilines is 1. The fourth-order valence-electron chi connectivity index (χ4n) is 1.44. The molecule has 0 aliphatic carbocycles. The van der Waals surface area contributed by atoms with Gasteiger partial charge < -0.3 is 5.73 Å². The van der Waals surface area contributed by atoms with E-state index in [4.69, 9.17) is 5.73 Å². The molecule has 2 aromatic carbocycles. The van der Waals surface area contributed by atoms with E-state index in [1.807, 2.05) is 12.1 Å². The van der Waals surface area contributed by atoms with Gasteiger partial charge in [0.15, 0.2) is 0 Å². The maximum Gasteiger partial charge on any atom is 0.149 e. The van der Waals surface area contributed by atoms with Gasteiger partial charge in [-0.1, -0.05) is 34.1 Å². The first-order valence-corrected chi connectivity index (χ1v) is 5.38. The first kappa shape index (κ1) is 11.1. The molecule has 0 amide bonds. The number of nitrogens with two attached hydrogens (primary N) is 1. The van der Waals surface area contributed by atoms with Crippen LogP contribution in [0.5, 0.6) is 0 Å². The summed E-state index contributed by atoms with van der Waals surface area (Å²) < 4.78 is 27.3. The van der Waals surface area contributed by atoms with Crippen molar-refractivity contribution < 1.29 is 8.78 Å². The molecule has 2 aromatic rings.